The highest BCUT2D eigenvalue weighted by atomic mass is 16.5. The van der Waals surface area contributed by atoms with E-state index in [0.29, 0.717) is 12.5 Å². The van der Waals surface area contributed by atoms with E-state index in [1.807, 2.05) is 0 Å². The zero-order valence-corrected chi connectivity index (χ0v) is 7.59. The van der Waals surface area contributed by atoms with Crippen molar-refractivity contribution in [3.63, 3.8) is 0 Å². The lowest BCUT2D eigenvalue weighted by molar-refractivity contribution is 0.0963. The average Bonchev–Trinajstić information content (AvgIpc) is 1.85. The fourth-order valence-corrected chi connectivity index (χ4v) is 1.11. The molecule has 68 valence electrons. The zero-order valence-electron chi connectivity index (χ0n) is 7.59. The third-order valence-corrected chi connectivity index (χ3v) is 2.04. The van der Waals surface area contributed by atoms with Crippen molar-refractivity contribution < 1.29 is 10.3 Å². The van der Waals surface area contributed by atoms with Gasteiger partial charge in [0, 0.05) is 13.2 Å². The fourth-order valence-electron chi connectivity index (χ4n) is 1.11. The minimum absolute atomic E-state index is 0.137. The van der Waals surface area contributed by atoms with Gasteiger partial charge in [-0.15, -0.1) is 0 Å². The molecule has 1 atom stereocenters. The second kappa shape index (κ2) is 4.70. The third kappa shape index (κ3) is 4.35. The molecule has 0 saturated heterocycles. The number of hydrogen-bond donors (Lipinski definition) is 3. The molecule has 0 spiro atoms. The topological polar surface area (TPSA) is 52.5 Å². The standard InChI is InChI=1S/C8H19NO2/c1-8(2,3)7(4-5-10)6-9-11/h7,9-11H,4-6H2,1-3H3. The Balaban J connectivity index is 3.88. The third-order valence-electron chi connectivity index (χ3n) is 2.04. The number of hydroxylamine groups is 1. The molecule has 0 heterocycles. The van der Waals surface area contributed by atoms with Gasteiger partial charge in [0.25, 0.3) is 0 Å². The van der Waals surface area contributed by atoms with Crippen LogP contribution in [0.25, 0.3) is 0 Å². The van der Waals surface area contributed by atoms with Crippen LogP contribution in [0, 0.1) is 11.3 Å². The molecular weight excluding hydrogens is 142 g/mol. The van der Waals surface area contributed by atoms with Crippen LogP contribution >= 0.6 is 0 Å². The van der Waals surface area contributed by atoms with Gasteiger partial charge < -0.3 is 10.3 Å². The molecule has 0 aromatic carbocycles. The summed E-state index contributed by atoms with van der Waals surface area (Å²) >= 11 is 0. The molecule has 0 aliphatic heterocycles. The number of rotatable bonds is 4. The predicted octanol–water partition coefficient (Wildman–Crippen LogP) is 1.01. The van der Waals surface area contributed by atoms with E-state index in [9.17, 15) is 0 Å². The second-order valence-corrected chi connectivity index (χ2v) is 3.94. The van der Waals surface area contributed by atoms with Crippen LogP contribution in [0.15, 0.2) is 0 Å². The molecule has 0 rings (SSSR count). The fraction of sp³-hybridized carbons (Fsp3) is 1.00. The van der Waals surface area contributed by atoms with Gasteiger partial charge in [-0.25, -0.2) is 5.48 Å². The molecule has 1 unspecified atom stereocenters. The Hall–Kier alpha value is -0.120. The Morgan fingerprint density at radius 2 is 1.91 bits per heavy atom. The number of hydrogen-bond acceptors (Lipinski definition) is 3. The van der Waals surface area contributed by atoms with Crippen LogP contribution in [0.2, 0.25) is 0 Å². The summed E-state index contributed by atoms with van der Waals surface area (Å²) in [4.78, 5) is 0. The monoisotopic (exact) mass is 161 g/mol. The van der Waals surface area contributed by atoms with Crippen LogP contribution in [0.1, 0.15) is 27.2 Å². The molecule has 0 aromatic heterocycles. The summed E-state index contributed by atoms with van der Waals surface area (Å²) < 4.78 is 0. The summed E-state index contributed by atoms with van der Waals surface area (Å²) in [6.07, 6.45) is 0.733. The maximum atomic E-state index is 8.72. The first-order valence-corrected chi connectivity index (χ1v) is 4.00. The number of aliphatic hydroxyl groups is 1. The smallest absolute Gasteiger partial charge is 0.0434 e. The first kappa shape index (κ1) is 10.9. The number of nitrogens with one attached hydrogen (secondary N) is 1. The van der Waals surface area contributed by atoms with E-state index in [2.05, 4.69) is 26.3 Å². The predicted molar refractivity (Wildman–Crippen MR) is 44.4 cm³/mol. The van der Waals surface area contributed by atoms with Crippen molar-refractivity contribution in [2.24, 2.45) is 11.3 Å². The summed E-state index contributed by atoms with van der Waals surface area (Å²) in [5.41, 5.74) is 2.29. The van der Waals surface area contributed by atoms with Crippen LogP contribution in [-0.4, -0.2) is 23.5 Å². The van der Waals surface area contributed by atoms with Gasteiger partial charge in [-0.1, -0.05) is 20.8 Å². The maximum absolute atomic E-state index is 8.72. The van der Waals surface area contributed by atoms with Crippen molar-refractivity contribution in [1.29, 1.82) is 0 Å². The van der Waals surface area contributed by atoms with Gasteiger partial charge >= 0.3 is 0 Å². The SMILES string of the molecule is CC(C)(C)C(CCO)CNO. The van der Waals surface area contributed by atoms with Crippen molar-refractivity contribution >= 4 is 0 Å². The van der Waals surface area contributed by atoms with E-state index < -0.39 is 0 Å². The normalized spacial score (nSPS) is 15.0. The van der Waals surface area contributed by atoms with E-state index in [4.69, 9.17) is 10.3 Å². The van der Waals surface area contributed by atoms with E-state index >= 15 is 0 Å². The van der Waals surface area contributed by atoms with Gasteiger partial charge in [0.1, 0.15) is 0 Å². The molecule has 0 amide bonds. The molecule has 0 aliphatic rings. The molecule has 3 N–H and O–H groups in total. The Morgan fingerprint density at radius 1 is 1.36 bits per heavy atom. The van der Waals surface area contributed by atoms with Crippen LogP contribution in [0.5, 0.6) is 0 Å². The van der Waals surface area contributed by atoms with E-state index in [1.54, 1.807) is 0 Å². The first-order valence-electron chi connectivity index (χ1n) is 4.00. The van der Waals surface area contributed by atoms with Crippen molar-refractivity contribution in [2.45, 2.75) is 27.2 Å². The zero-order chi connectivity index (χ0) is 8.91. The molecule has 3 nitrogen and oxygen atoms in total. The highest BCUT2D eigenvalue weighted by Crippen LogP contribution is 2.27. The number of aliphatic hydroxyl groups excluding tert-OH is 1. The van der Waals surface area contributed by atoms with Crippen LogP contribution < -0.4 is 5.48 Å². The van der Waals surface area contributed by atoms with Crippen LogP contribution in [0.3, 0.4) is 0 Å². The van der Waals surface area contributed by atoms with Crippen molar-refractivity contribution in [2.75, 3.05) is 13.2 Å². The van der Waals surface area contributed by atoms with E-state index in [-0.39, 0.29) is 12.0 Å². The first-order chi connectivity index (χ1) is 5.02. The second-order valence-electron chi connectivity index (χ2n) is 3.94. The molecule has 0 bridgehead atoms. The maximum Gasteiger partial charge on any atom is 0.0434 e. The average molecular weight is 161 g/mol. The summed E-state index contributed by atoms with van der Waals surface area (Å²) in [5.74, 6) is 0.317. The van der Waals surface area contributed by atoms with Crippen LogP contribution in [0.4, 0.5) is 0 Å². The molecule has 3 heteroatoms. The molecule has 0 radical (unpaired) electrons. The van der Waals surface area contributed by atoms with E-state index in [0.717, 1.165) is 6.42 Å². The van der Waals surface area contributed by atoms with E-state index in [1.165, 1.54) is 0 Å². The largest absolute Gasteiger partial charge is 0.396 e. The van der Waals surface area contributed by atoms with Crippen molar-refractivity contribution in [3.8, 4) is 0 Å². The summed E-state index contributed by atoms with van der Waals surface area (Å²) in [7, 11) is 0. The Kier molecular flexibility index (Phi) is 4.65. The molecular formula is C8H19NO2. The highest BCUT2D eigenvalue weighted by molar-refractivity contribution is 4.74. The lowest BCUT2D eigenvalue weighted by Gasteiger charge is -2.29. The lowest BCUT2D eigenvalue weighted by Crippen LogP contribution is -2.31. The molecule has 0 fully saturated rings. The minimum Gasteiger partial charge on any atom is -0.396 e. The van der Waals surface area contributed by atoms with Gasteiger partial charge in [0.05, 0.1) is 0 Å². The van der Waals surface area contributed by atoms with Crippen molar-refractivity contribution in [1.82, 2.24) is 5.48 Å². The molecule has 0 aliphatic carbocycles. The molecule has 0 saturated carbocycles. The summed E-state index contributed by atoms with van der Waals surface area (Å²) in [6.45, 7) is 7.04. The summed E-state index contributed by atoms with van der Waals surface area (Å²) in [5, 5.41) is 17.2. The van der Waals surface area contributed by atoms with Gasteiger partial charge in [0.2, 0.25) is 0 Å². The minimum atomic E-state index is 0.137. The lowest BCUT2D eigenvalue weighted by atomic mass is 9.79. The van der Waals surface area contributed by atoms with Gasteiger partial charge in [-0.2, -0.15) is 0 Å². The summed E-state index contributed by atoms with van der Waals surface area (Å²) in [6, 6.07) is 0. The Labute approximate surface area is 68.4 Å². The molecule has 11 heavy (non-hydrogen) atoms. The Morgan fingerprint density at radius 3 is 2.18 bits per heavy atom. The van der Waals surface area contributed by atoms with Crippen molar-refractivity contribution in [3.05, 3.63) is 0 Å². The van der Waals surface area contributed by atoms with Crippen LogP contribution in [-0.2, 0) is 0 Å². The quantitative estimate of drug-likeness (QED) is 0.539. The highest BCUT2D eigenvalue weighted by Gasteiger charge is 2.23. The van der Waals surface area contributed by atoms with Gasteiger partial charge in [0.15, 0.2) is 0 Å². The van der Waals surface area contributed by atoms with Gasteiger partial charge in [-0.05, 0) is 17.8 Å². The molecule has 0 aromatic rings. The Bertz CT molecular complexity index is 92.8. The van der Waals surface area contributed by atoms with Gasteiger partial charge in [-0.3, -0.25) is 0 Å².